The van der Waals surface area contributed by atoms with Crippen LogP contribution in [0.1, 0.15) is 11.1 Å². The van der Waals surface area contributed by atoms with Crippen LogP contribution in [0.5, 0.6) is 0 Å². The Balaban J connectivity index is 1.63. The van der Waals surface area contributed by atoms with Gasteiger partial charge in [0.15, 0.2) is 0 Å². The highest BCUT2D eigenvalue weighted by molar-refractivity contribution is 6.30. The number of rotatable bonds is 5. The first-order valence-corrected chi connectivity index (χ1v) is 7.52. The molecule has 2 heterocycles. The first-order chi connectivity index (χ1) is 11.1. The lowest BCUT2D eigenvalue weighted by Crippen LogP contribution is -2.19. The molecule has 1 N–H and O–H groups in total. The minimum absolute atomic E-state index is 0.118. The molecule has 0 unspecified atom stereocenters. The average Bonchev–Trinajstić information content (AvgIpc) is 3.08. The standard InChI is InChI=1S/C16H16ClN5O/c1-12-6-18-21(8-12)11-16(23)20-15-4-2-3-13(5-15)9-22-10-14(17)7-19-22/h2-8,10H,9,11H2,1H3,(H,20,23). The number of aromatic nitrogens is 4. The summed E-state index contributed by atoms with van der Waals surface area (Å²) < 4.78 is 3.36. The van der Waals surface area contributed by atoms with Crippen LogP contribution in [-0.4, -0.2) is 25.5 Å². The van der Waals surface area contributed by atoms with Gasteiger partial charge in [0.05, 0.1) is 24.0 Å². The zero-order valence-electron chi connectivity index (χ0n) is 12.6. The van der Waals surface area contributed by atoms with E-state index in [4.69, 9.17) is 11.6 Å². The van der Waals surface area contributed by atoms with E-state index in [1.807, 2.05) is 37.4 Å². The average molecular weight is 330 g/mol. The number of anilines is 1. The molecule has 6 nitrogen and oxygen atoms in total. The quantitative estimate of drug-likeness (QED) is 0.782. The van der Waals surface area contributed by atoms with Gasteiger partial charge in [0, 0.05) is 18.1 Å². The Bertz CT molecular complexity index is 823. The number of aryl methyl sites for hydroxylation is 1. The Morgan fingerprint density at radius 3 is 2.74 bits per heavy atom. The van der Waals surface area contributed by atoms with E-state index in [9.17, 15) is 4.79 Å². The van der Waals surface area contributed by atoms with E-state index >= 15 is 0 Å². The summed E-state index contributed by atoms with van der Waals surface area (Å²) in [6.07, 6.45) is 6.91. The highest BCUT2D eigenvalue weighted by atomic mass is 35.5. The van der Waals surface area contributed by atoms with Crippen molar-refractivity contribution in [3.8, 4) is 0 Å². The molecule has 0 fully saturated rings. The summed E-state index contributed by atoms with van der Waals surface area (Å²) in [6.45, 7) is 2.72. The Kier molecular flexibility index (Phi) is 4.43. The normalized spacial score (nSPS) is 10.7. The molecule has 2 aromatic heterocycles. The van der Waals surface area contributed by atoms with Crippen molar-refractivity contribution in [3.63, 3.8) is 0 Å². The van der Waals surface area contributed by atoms with Crippen molar-refractivity contribution in [2.24, 2.45) is 0 Å². The molecule has 0 aliphatic carbocycles. The molecule has 0 spiro atoms. The first kappa shape index (κ1) is 15.3. The van der Waals surface area contributed by atoms with Crippen molar-refractivity contribution in [2.45, 2.75) is 20.0 Å². The summed E-state index contributed by atoms with van der Waals surface area (Å²) in [4.78, 5) is 12.1. The molecule has 118 valence electrons. The number of hydrogen-bond acceptors (Lipinski definition) is 3. The number of carbonyl (C=O) groups is 1. The maximum Gasteiger partial charge on any atom is 0.246 e. The van der Waals surface area contributed by atoms with Gasteiger partial charge in [-0.2, -0.15) is 10.2 Å². The van der Waals surface area contributed by atoms with Gasteiger partial charge in [0.25, 0.3) is 0 Å². The summed E-state index contributed by atoms with van der Waals surface area (Å²) in [5, 5.41) is 11.7. The molecule has 1 aromatic carbocycles. The first-order valence-electron chi connectivity index (χ1n) is 7.14. The van der Waals surface area contributed by atoms with E-state index in [2.05, 4.69) is 15.5 Å². The minimum Gasteiger partial charge on any atom is -0.324 e. The van der Waals surface area contributed by atoms with Crippen LogP contribution in [0.2, 0.25) is 5.02 Å². The molecule has 3 aromatic rings. The molecular formula is C16H16ClN5O. The van der Waals surface area contributed by atoms with Crippen LogP contribution in [0.4, 0.5) is 5.69 Å². The third-order valence-corrected chi connectivity index (χ3v) is 3.42. The monoisotopic (exact) mass is 329 g/mol. The molecule has 0 atom stereocenters. The molecule has 0 saturated heterocycles. The van der Waals surface area contributed by atoms with Gasteiger partial charge in [0.1, 0.15) is 6.54 Å². The van der Waals surface area contributed by atoms with Crippen LogP contribution >= 0.6 is 11.6 Å². The Morgan fingerprint density at radius 1 is 1.22 bits per heavy atom. The van der Waals surface area contributed by atoms with Crippen LogP contribution in [0.25, 0.3) is 0 Å². The second-order valence-electron chi connectivity index (χ2n) is 5.32. The van der Waals surface area contributed by atoms with E-state index in [1.165, 1.54) is 0 Å². The van der Waals surface area contributed by atoms with E-state index < -0.39 is 0 Å². The van der Waals surface area contributed by atoms with Crippen molar-refractivity contribution in [1.29, 1.82) is 0 Å². The Labute approximate surface area is 138 Å². The van der Waals surface area contributed by atoms with Gasteiger partial charge in [-0.1, -0.05) is 23.7 Å². The summed E-state index contributed by atoms with van der Waals surface area (Å²) >= 11 is 5.86. The van der Waals surface area contributed by atoms with Gasteiger partial charge < -0.3 is 5.32 Å². The molecule has 3 rings (SSSR count). The number of hydrogen-bond donors (Lipinski definition) is 1. The van der Waals surface area contributed by atoms with Gasteiger partial charge in [-0.3, -0.25) is 14.2 Å². The van der Waals surface area contributed by atoms with Crippen molar-refractivity contribution in [2.75, 3.05) is 5.32 Å². The predicted octanol–water partition coefficient (Wildman–Crippen LogP) is 2.73. The van der Waals surface area contributed by atoms with Crippen molar-refractivity contribution >= 4 is 23.2 Å². The van der Waals surface area contributed by atoms with Gasteiger partial charge in [-0.05, 0) is 30.2 Å². The van der Waals surface area contributed by atoms with E-state index in [0.29, 0.717) is 11.6 Å². The van der Waals surface area contributed by atoms with E-state index in [1.54, 1.807) is 28.0 Å². The third kappa shape index (κ3) is 4.20. The molecule has 1 amide bonds. The molecule has 0 aliphatic heterocycles. The van der Waals surface area contributed by atoms with Crippen molar-refractivity contribution in [3.05, 3.63) is 65.2 Å². The largest absolute Gasteiger partial charge is 0.324 e. The fourth-order valence-corrected chi connectivity index (χ4v) is 2.42. The van der Waals surface area contributed by atoms with Crippen LogP contribution in [-0.2, 0) is 17.9 Å². The summed E-state index contributed by atoms with van der Waals surface area (Å²) in [5.41, 5.74) is 2.80. The number of nitrogens with one attached hydrogen (secondary N) is 1. The highest BCUT2D eigenvalue weighted by Gasteiger charge is 2.06. The Hall–Kier alpha value is -2.60. The molecule has 0 bridgehead atoms. The third-order valence-electron chi connectivity index (χ3n) is 3.22. The van der Waals surface area contributed by atoms with Crippen LogP contribution in [0.3, 0.4) is 0 Å². The molecule has 0 saturated carbocycles. The lowest BCUT2D eigenvalue weighted by atomic mass is 10.2. The fourth-order valence-electron chi connectivity index (χ4n) is 2.26. The molecule has 0 radical (unpaired) electrons. The molecular weight excluding hydrogens is 314 g/mol. The number of carbonyl (C=O) groups excluding carboxylic acids is 1. The van der Waals surface area contributed by atoms with Gasteiger partial charge in [0.2, 0.25) is 5.91 Å². The van der Waals surface area contributed by atoms with Crippen molar-refractivity contribution < 1.29 is 4.79 Å². The van der Waals surface area contributed by atoms with Crippen LogP contribution in [0.15, 0.2) is 49.1 Å². The molecule has 23 heavy (non-hydrogen) atoms. The SMILES string of the molecule is Cc1cnn(CC(=O)Nc2cccc(Cn3cc(Cl)cn3)c2)c1. The number of halogens is 1. The lowest BCUT2D eigenvalue weighted by molar-refractivity contribution is -0.116. The zero-order valence-corrected chi connectivity index (χ0v) is 13.4. The Morgan fingerprint density at radius 2 is 2.04 bits per heavy atom. The van der Waals surface area contributed by atoms with E-state index in [-0.39, 0.29) is 12.5 Å². The topological polar surface area (TPSA) is 64.7 Å². The summed E-state index contributed by atoms with van der Waals surface area (Å²) in [6, 6.07) is 7.64. The van der Waals surface area contributed by atoms with Gasteiger partial charge in [-0.15, -0.1) is 0 Å². The van der Waals surface area contributed by atoms with Gasteiger partial charge in [-0.25, -0.2) is 0 Å². The van der Waals surface area contributed by atoms with E-state index in [0.717, 1.165) is 16.8 Å². The fraction of sp³-hybridized carbons (Fsp3) is 0.188. The maximum absolute atomic E-state index is 12.1. The van der Waals surface area contributed by atoms with Crippen LogP contribution in [0, 0.1) is 6.92 Å². The molecule has 0 aliphatic rings. The lowest BCUT2D eigenvalue weighted by Gasteiger charge is -2.08. The summed E-state index contributed by atoms with van der Waals surface area (Å²) in [5.74, 6) is -0.118. The van der Waals surface area contributed by atoms with Gasteiger partial charge >= 0.3 is 0 Å². The molecule has 7 heteroatoms. The highest BCUT2D eigenvalue weighted by Crippen LogP contribution is 2.13. The van der Waals surface area contributed by atoms with Crippen LogP contribution < -0.4 is 5.32 Å². The second kappa shape index (κ2) is 6.66. The number of nitrogens with zero attached hydrogens (tertiary/aromatic N) is 4. The summed E-state index contributed by atoms with van der Waals surface area (Å²) in [7, 11) is 0. The number of benzene rings is 1. The van der Waals surface area contributed by atoms with Crippen molar-refractivity contribution in [1.82, 2.24) is 19.6 Å². The number of amides is 1. The smallest absolute Gasteiger partial charge is 0.246 e. The predicted molar refractivity (Wildman–Crippen MR) is 88.4 cm³/mol. The minimum atomic E-state index is -0.118. The second-order valence-corrected chi connectivity index (χ2v) is 5.76. The zero-order chi connectivity index (χ0) is 16.2. The maximum atomic E-state index is 12.1.